The van der Waals surface area contributed by atoms with Crippen molar-refractivity contribution < 1.29 is 23.8 Å². The summed E-state index contributed by atoms with van der Waals surface area (Å²) in [5.41, 5.74) is -0.109. The van der Waals surface area contributed by atoms with Crippen LogP contribution in [0, 0.1) is 12.7 Å². The normalized spacial score (nSPS) is 21.6. The Bertz CT molecular complexity index is 1770. The van der Waals surface area contributed by atoms with Crippen molar-refractivity contribution >= 4 is 27.5 Å². The van der Waals surface area contributed by atoms with Gasteiger partial charge >= 0.3 is 5.69 Å². The van der Waals surface area contributed by atoms with Crippen LogP contribution in [0.5, 0.6) is 5.75 Å². The number of amides is 1. The lowest BCUT2D eigenvalue weighted by Gasteiger charge is -2.31. The zero-order chi connectivity index (χ0) is 30.4. The van der Waals surface area contributed by atoms with Gasteiger partial charge in [-0.25, -0.2) is 18.4 Å². The Balaban J connectivity index is 1.55. The second-order valence-corrected chi connectivity index (χ2v) is 12.2. The number of thiophene rings is 1. The maximum absolute atomic E-state index is 14.7. The van der Waals surface area contributed by atoms with Crippen molar-refractivity contribution in [3.8, 4) is 10.8 Å². The first-order chi connectivity index (χ1) is 20.7. The number of fused-ring (bicyclic) bond motifs is 1. The SMILES string of the molecule is COc1ccc(F)cc1[C@H](Cn1c(=O)n([C@H]2CCN(C)C2=O)c(=O)c2c(C)c(-n3cccn3)sc21)O[C@H]1CC[C@@H](O)CC1. The molecule has 2 aliphatic rings. The van der Waals surface area contributed by atoms with Crippen molar-refractivity contribution in [1.29, 1.82) is 0 Å². The summed E-state index contributed by atoms with van der Waals surface area (Å²) in [5.74, 6) is -0.392. The molecule has 2 atom stereocenters. The predicted molar refractivity (Wildman–Crippen MR) is 159 cm³/mol. The molecule has 1 aromatic carbocycles. The van der Waals surface area contributed by atoms with Gasteiger partial charge in [0.15, 0.2) is 0 Å². The smallest absolute Gasteiger partial charge is 0.332 e. The van der Waals surface area contributed by atoms with Gasteiger partial charge in [0.2, 0.25) is 5.91 Å². The summed E-state index contributed by atoms with van der Waals surface area (Å²) in [5, 5.41) is 15.4. The number of aliphatic hydroxyl groups is 1. The number of aromatic nitrogens is 4. The molecule has 1 aliphatic heterocycles. The number of aliphatic hydroxyl groups excluding tert-OH is 1. The first-order valence-corrected chi connectivity index (χ1v) is 15.2. The van der Waals surface area contributed by atoms with E-state index in [9.17, 15) is 23.9 Å². The number of hydrogen-bond donors (Lipinski definition) is 1. The van der Waals surface area contributed by atoms with Crippen LogP contribution in [-0.2, 0) is 16.1 Å². The van der Waals surface area contributed by atoms with E-state index in [4.69, 9.17) is 9.47 Å². The average Bonchev–Trinajstić information content (AvgIpc) is 3.72. The topological polar surface area (TPSA) is 121 Å². The molecule has 13 heteroatoms. The fourth-order valence-corrected chi connectivity index (χ4v) is 7.44. The van der Waals surface area contributed by atoms with Crippen molar-refractivity contribution in [1.82, 2.24) is 23.8 Å². The van der Waals surface area contributed by atoms with Crippen LogP contribution in [0.3, 0.4) is 0 Å². The van der Waals surface area contributed by atoms with E-state index >= 15 is 0 Å². The molecule has 3 aromatic heterocycles. The lowest BCUT2D eigenvalue weighted by molar-refractivity contribution is -0.129. The maximum Gasteiger partial charge on any atom is 0.332 e. The number of aryl methyl sites for hydroxylation is 1. The van der Waals surface area contributed by atoms with Gasteiger partial charge in [-0.3, -0.25) is 14.2 Å². The third-order valence-electron chi connectivity index (χ3n) is 8.53. The summed E-state index contributed by atoms with van der Waals surface area (Å²) in [6.07, 6.45) is 4.58. The Labute approximate surface area is 250 Å². The summed E-state index contributed by atoms with van der Waals surface area (Å²) in [6, 6.07) is 4.98. The molecule has 0 bridgehead atoms. The number of carbonyl (C=O) groups excluding carboxylic acids is 1. The zero-order valence-corrected chi connectivity index (χ0v) is 25.1. The van der Waals surface area contributed by atoms with Crippen molar-refractivity contribution in [2.75, 3.05) is 20.7 Å². The highest BCUT2D eigenvalue weighted by atomic mass is 32.1. The average molecular weight is 612 g/mol. The number of benzene rings is 1. The molecule has 1 saturated heterocycles. The summed E-state index contributed by atoms with van der Waals surface area (Å²) >= 11 is 1.25. The Morgan fingerprint density at radius 2 is 1.93 bits per heavy atom. The van der Waals surface area contributed by atoms with E-state index < -0.39 is 35.3 Å². The highest BCUT2D eigenvalue weighted by Gasteiger charge is 2.36. The first-order valence-electron chi connectivity index (χ1n) is 14.4. The first kappa shape index (κ1) is 29.3. The highest BCUT2D eigenvalue weighted by molar-refractivity contribution is 7.21. The Kier molecular flexibility index (Phi) is 7.96. The van der Waals surface area contributed by atoms with Crippen molar-refractivity contribution in [3.05, 3.63) is 74.4 Å². The third-order valence-corrected chi connectivity index (χ3v) is 9.83. The minimum absolute atomic E-state index is 0.0657. The molecule has 0 radical (unpaired) electrons. The minimum Gasteiger partial charge on any atom is -0.496 e. The van der Waals surface area contributed by atoms with E-state index in [0.717, 1.165) is 4.57 Å². The van der Waals surface area contributed by atoms with E-state index in [1.54, 1.807) is 37.1 Å². The number of likely N-dealkylation sites (N-methyl/N-ethyl adjacent to an activating group) is 1. The Hall–Kier alpha value is -3.81. The van der Waals surface area contributed by atoms with Crippen molar-refractivity contribution in [2.45, 2.75) is 69.9 Å². The van der Waals surface area contributed by atoms with E-state index in [1.165, 1.54) is 46.1 Å². The number of carbonyl (C=O) groups is 1. The van der Waals surface area contributed by atoms with Crippen LogP contribution >= 0.6 is 11.3 Å². The quantitative estimate of drug-likeness (QED) is 0.325. The van der Waals surface area contributed by atoms with Crippen LogP contribution < -0.4 is 16.0 Å². The van der Waals surface area contributed by atoms with Crippen LogP contribution in [0.4, 0.5) is 4.39 Å². The monoisotopic (exact) mass is 611 g/mol. The number of ether oxygens (including phenoxy) is 2. The van der Waals surface area contributed by atoms with Gasteiger partial charge in [-0.05, 0) is 63.3 Å². The van der Waals surface area contributed by atoms with Gasteiger partial charge in [-0.15, -0.1) is 0 Å². The maximum atomic E-state index is 14.7. The fourth-order valence-electron chi connectivity index (χ4n) is 6.19. The van der Waals surface area contributed by atoms with Gasteiger partial charge in [0.1, 0.15) is 33.5 Å². The van der Waals surface area contributed by atoms with E-state index in [2.05, 4.69) is 5.10 Å². The summed E-state index contributed by atoms with van der Waals surface area (Å²) in [7, 11) is 3.13. The fraction of sp³-hybridized carbons (Fsp3) is 0.467. The van der Waals surface area contributed by atoms with Gasteiger partial charge in [0, 0.05) is 37.1 Å². The highest BCUT2D eigenvalue weighted by Crippen LogP contribution is 2.36. The van der Waals surface area contributed by atoms with Gasteiger partial charge in [-0.1, -0.05) is 11.3 Å². The van der Waals surface area contributed by atoms with E-state index in [0.29, 0.717) is 70.7 Å². The minimum atomic E-state index is -0.934. The van der Waals surface area contributed by atoms with Crippen LogP contribution in [0.15, 0.2) is 46.2 Å². The van der Waals surface area contributed by atoms with Gasteiger partial charge < -0.3 is 19.5 Å². The van der Waals surface area contributed by atoms with Gasteiger partial charge in [-0.2, -0.15) is 5.10 Å². The van der Waals surface area contributed by atoms with E-state index in [-0.39, 0.29) is 18.6 Å². The number of rotatable bonds is 8. The molecule has 1 amide bonds. The Morgan fingerprint density at radius 1 is 1.16 bits per heavy atom. The van der Waals surface area contributed by atoms with Crippen molar-refractivity contribution in [3.63, 3.8) is 0 Å². The largest absolute Gasteiger partial charge is 0.496 e. The molecule has 4 heterocycles. The molecule has 0 unspecified atom stereocenters. The lowest BCUT2D eigenvalue weighted by Crippen LogP contribution is -2.45. The molecule has 4 aromatic rings. The molecule has 1 saturated carbocycles. The number of nitrogens with zero attached hydrogens (tertiary/aromatic N) is 5. The molecule has 1 aliphatic carbocycles. The van der Waals surface area contributed by atoms with Crippen LogP contribution in [0.25, 0.3) is 15.2 Å². The lowest BCUT2D eigenvalue weighted by atomic mass is 9.94. The third kappa shape index (κ3) is 5.30. The molecule has 43 heavy (non-hydrogen) atoms. The molecular formula is C30H34FN5O6S. The second-order valence-electron chi connectivity index (χ2n) is 11.2. The van der Waals surface area contributed by atoms with E-state index in [1.807, 2.05) is 0 Å². The molecule has 0 spiro atoms. The number of likely N-dealkylation sites (tertiary alicyclic amines) is 1. The molecular weight excluding hydrogens is 577 g/mol. The molecule has 1 N–H and O–H groups in total. The molecule has 11 nitrogen and oxygen atoms in total. The summed E-state index contributed by atoms with van der Waals surface area (Å²) in [6.45, 7) is 2.16. The summed E-state index contributed by atoms with van der Waals surface area (Å²) in [4.78, 5) is 43.4. The number of methoxy groups -OCH3 is 1. The second kappa shape index (κ2) is 11.7. The molecule has 228 valence electrons. The number of halogens is 1. The zero-order valence-electron chi connectivity index (χ0n) is 24.2. The standard InChI is InChI=1S/C30H34FN5O6S/c1-17-25-27(39)36(22-11-14-33(2)26(22)38)30(40)34(29(25)43-28(17)35-13-4-12-32-35)16-24(42-20-8-6-19(37)7-9-20)21-15-18(31)5-10-23(21)41-3/h4-5,10,12-13,15,19-20,22,24,37H,6-9,11,14,16H2,1-3H3/t19-,20+,22-,24-/m0/s1. The Morgan fingerprint density at radius 3 is 2.58 bits per heavy atom. The molecule has 2 fully saturated rings. The van der Waals surface area contributed by atoms with Crippen LogP contribution in [-0.4, -0.2) is 67.7 Å². The van der Waals surface area contributed by atoms with Crippen LogP contribution in [0.2, 0.25) is 0 Å². The predicted octanol–water partition coefficient (Wildman–Crippen LogP) is 3.33. The molecule has 6 rings (SSSR count). The van der Waals surface area contributed by atoms with Gasteiger partial charge in [0.05, 0.1) is 31.2 Å². The van der Waals surface area contributed by atoms with Crippen LogP contribution in [0.1, 0.15) is 55.4 Å². The van der Waals surface area contributed by atoms with Crippen molar-refractivity contribution in [2.24, 2.45) is 0 Å². The number of hydrogen-bond acceptors (Lipinski definition) is 8. The van der Waals surface area contributed by atoms with Gasteiger partial charge in [0.25, 0.3) is 5.56 Å². The summed E-state index contributed by atoms with van der Waals surface area (Å²) < 4.78 is 31.0.